The Balaban J connectivity index is 2.16. The molecule has 0 saturated carbocycles. The molecule has 1 heteroatoms. The lowest BCUT2D eigenvalue weighted by Crippen LogP contribution is -2.05. The van der Waals surface area contributed by atoms with Crippen molar-refractivity contribution in [2.45, 2.75) is 6.10 Å². The maximum Gasteiger partial charge on any atom is 0.144 e. The lowest BCUT2D eigenvalue weighted by atomic mass is 9.93. The van der Waals surface area contributed by atoms with Gasteiger partial charge in [0.15, 0.2) is 0 Å². The molecule has 0 saturated heterocycles. The van der Waals surface area contributed by atoms with Crippen molar-refractivity contribution in [2.24, 2.45) is 0 Å². The van der Waals surface area contributed by atoms with E-state index in [0.29, 0.717) is 6.61 Å². The van der Waals surface area contributed by atoms with Crippen molar-refractivity contribution >= 4 is 11.1 Å². The van der Waals surface area contributed by atoms with Crippen molar-refractivity contribution in [3.05, 3.63) is 71.8 Å². The fourth-order valence-corrected chi connectivity index (χ4v) is 2.44. The maximum absolute atomic E-state index is 5.73. The minimum atomic E-state index is -0.252. The molecule has 0 amide bonds. The van der Waals surface area contributed by atoms with Crippen LogP contribution in [0.4, 0.5) is 0 Å². The van der Waals surface area contributed by atoms with Gasteiger partial charge in [0.2, 0.25) is 0 Å². The largest absolute Gasteiger partial charge is 0.356 e. The monoisotopic (exact) mass is 246 g/mol. The van der Waals surface area contributed by atoms with Crippen molar-refractivity contribution in [1.29, 1.82) is 0 Å². The highest BCUT2D eigenvalue weighted by atomic mass is 16.5. The summed E-state index contributed by atoms with van der Waals surface area (Å²) in [5.41, 5.74) is 4.63. The number of rotatable bonds is 2. The molecular formula is C18H14O. The highest BCUT2D eigenvalue weighted by Gasteiger charge is 2.26. The second-order valence-corrected chi connectivity index (χ2v) is 4.48. The van der Waals surface area contributed by atoms with Crippen molar-refractivity contribution in [3.63, 3.8) is 0 Å². The minimum Gasteiger partial charge on any atom is -0.356 e. The van der Waals surface area contributed by atoms with Gasteiger partial charge in [0.25, 0.3) is 0 Å². The van der Waals surface area contributed by atoms with Crippen LogP contribution in [0.5, 0.6) is 0 Å². The Kier molecular flexibility index (Phi) is 3.18. The van der Waals surface area contributed by atoms with Crippen LogP contribution in [0.15, 0.2) is 60.7 Å². The smallest absolute Gasteiger partial charge is 0.144 e. The fraction of sp³-hybridized carbons (Fsp3) is 0.111. The number of terminal acetylenes is 1. The Labute approximate surface area is 113 Å². The third-order valence-electron chi connectivity index (χ3n) is 3.34. The molecule has 0 aliphatic carbocycles. The maximum atomic E-state index is 5.73. The summed E-state index contributed by atoms with van der Waals surface area (Å²) < 4.78 is 5.73. The molecule has 3 rings (SSSR count). The van der Waals surface area contributed by atoms with Gasteiger partial charge in [-0.05, 0) is 16.7 Å². The van der Waals surface area contributed by atoms with E-state index in [1.165, 1.54) is 11.1 Å². The Hall–Kier alpha value is -2.30. The van der Waals surface area contributed by atoms with Gasteiger partial charge in [0.05, 0.1) is 6.61 Å². The summed E-state index contributed by atoms with van der Waals surface area (Å²) in [5.74, 6) is 2.73. The summed E-state index contributed by atoms with van der Waals surface area (Å²) in [6.45, 7) is 0.573. The van der Waals surface area contributed by atoms with Crippen molar-refractivity contribution in [3.8, 4) is 12.3 Å². The van der Waals surface area contributed by atoms with Gasteiger partial charge in [0.1, 0.15) is 6.10 Å². The number of hydrogen-bond acceptors (Lipinski definition) is 1. The number of benzene rings is 2. The first-order chi connectivity index (χ1) is 9.40. The third kappa shape index (κ3) is 2.19. The van der Waals surface area contributed by atoms with E-state index in [2.05, 4.69) is 30.2 Å². The van der Waals surface area contributed by atoms with Crippen LogP contribution in [0, 0.1) is 12.3 Å². The Morgan fingerprint density at radius 1 is 0.895 bits per heavy atom. The van der Waals surface area contributed by atoms with Crippen LogP contribution < -0.4 is 0 Å². The van der Waals surface area contributed by atoms with E-state index in [4.69, 9.17) is 11.2 Å². The van der Waals surface area contributed by atoms with E-state index in [-0.39, 0.29) is 6.10 Å². The second-order valence-electron chi connectivity index (χ2n) is 4.48. The molecule has 1 aliphatic rings. The van der Waals surface area contributed by atoms with Crippen LogP contribution in [0.3, 0.4) is 0 Å². The van der Waals surface area contributed by atoms with E-state index in [1.807, 2.05) is 36.4 Å². The van der Waals surface area contributed by atoms with Crippen molar-refractivity contribution < 1.29 is 4.74 Å². The van der Waals surface area contributed by atoms with Crippen LogP contribution in [0.25, 0.3) is 11.1 Å². The minimum absolute atomic E-state index is 0.252. The molecule has 1 aliphatic heterocycles. The highest BCUT2D eigenvalue weighted by molar-refractivity contribution is 5.96. The summed E-state index contributed by atoms with van der Waals surface area (Å²) >= 11 is 0. The molecule has 2 aromatic rings. The van der Waals surface area contributed by atoms with Crippen LogP contribution >= 0.6 is 0 Å². The zero-order valence-electron chi connectivity index (χ0n) is 10.5. The zero-order chi connectivity index (χ0) is 13.1. The van der Waals surface area contributed by atoms with Crippen molar-refractivity contribution in [1.82, 2.24) is 0 Å². The van der Waals surface area contributed by atoms with Gasteiger partial charge in [0, 0.05) is 5.57 Å². The summed E-state index contributed by atoms with van der Waals surface area (Å²) in [7, 11) is 0. The van der Waals surface area contributed by atoms with Gasteiger partial charge in [-0.1, -0.05) is 66.6 Å². The van der Waals surface area contributed by atoms with Crippen molar-refractivity contribution in [2.75, 3.05) is 6.61 Å². The molecule has 0 aromatic heterocycles. The van der Waals surface area contributed by atoms with E-state index in [9.17, 15) is 0 Å². The van der Waals surface area contributed by atoms with Crippen LogP contribution in [-0.4, -0.2) is 12.7 Å². The molecule has 0 radical (unpaired) electrons. The molecule has 1 nitrogen and oxygen atoms in total. The second kappa shape index (κ2) is 5.14. The Bertz CT molecular complexity index is 632. The number of ether oxygens (including phenoxy) is 1. The normalized spacial score (nSPS) is 18.4. The molecule has 19 heavy (non-hydrogen) atoms. The van der Waals surface area contributed by atoms with Gasteiger partial charge in [-0.15, -0.1) is 6.42 Å². The molecule has 2 aromatic carbocycles. The lowest BCUT2D eigenvalue weighted by molar-refractivity contribution is 0.175. The SMILES string of the molecule is C#CC1OCC(c2ccccc2)=C1c1ccccc1. The van der Waals surface area contributed by atoms with Gasteiger partial charge >= 0.3 is 0 Å². The van der Waals surface area contributed by atoms with E-state index >= 15 is 0 Å². The molecule has 1 atom stereocenters. The summed E-state index contributed by atoms with van der Waals surface area (Å²) in [4.78, 5) is 0. The highest BCUT2D eigenvalue weighted by Crippen LogP contribution is 2.35. The first kappa shape index (κ1) is 11.8. The third-order valence-corrected chi connectivity index (χ3v) is 3.34. The standard InChI is InChI=1S/C18H14O/c1-2-17-18(15-11-7-4-8-12-15)16(13-19-17)14-9-5-3-6-10-14/h1,3-12,17H,13H2. The molecule has 0 spiro atoms. The predicted molar refractivity (Wildman–Crippen MR) is 78.3 cm³/mol. The van der Waals surface area contributed by atoms with Crippen LogP contribution in [-0.2, 0) is 4.74 Å². The molecule has 1 unspecified atom stereocenters. The molecular weight excluding hydrogens is 232 g/mol. The summed E-state index contributed by atoms with van der Waals surface area (Å²) in [5, 5.41) is 0. The average Bonchev–Trinajstić information content (AvgIpc) is 2.93. The van der Waals surface area contributed by atoms with Crippen LogP contribution in [0.1, 0.15) is 11.1 Å². The summed E-state index contributed by atoms with van der Waals surface area (Å²) in [6.07, 6.45) is 5.34. The molecule has 0 N–H and O–H groups in total. The lowest BCUT2D eigenvalue weighted by Gasteiger charge is -2.10. The number of hydrogen-bond donors (Lipinski definition) is 0. The van der Waals surface area contributed by atoms with Gasteiger partial charge < -0.3 is 4.74 Å². The van der Waals surface area contributed by atoms with Crippen LogP contribution in [0.2, 0.25) is 0 Å². The molecule has 92 valence electrons. The first-order valence-electron chi connectivity index (χ1n) is 6.32. The average molecular weight is 246 g/mol. The summed E-state index contributed by atoms with van der Waals surface area (Å²) in [6, 6.07) is 20.5. The Morgan fingerprint density at radius 2 is 1.47 bits per heavy atom. The topological polar surface area (TPSA) is 9.23 Å². The van der Waals surface area contributed by atoms with E-state index < -0.39 is 0 Å². The first-order valence-corrected chi connectivity index (χ1v) is 6.32. The van der Waals surface area contributed by atoms with Gasteiger partial charge in [-0.2, -0.15) is 0 Å². The predicted octanol–water partition coefficient (Wildman–Crippen LogP) is 3.63. The van der Waals surface area contributed by atoms with E-state index in [1.54, 1.807) is 0 Å². The molecule has 0 bridgehead atoms. The molecule has 1 heterocycles. The Morgan fingerprint density at radius 3 is 2.05 bits per heavy atom. The van der Waals surface area contributed by atoms with Gasteiger partial charge in [-0.3, -0.25) is 0 Å². The fourth-order valence-electron chi connectivity index (χ4n) is 2.44. The molecule has 0 fully saturated rings. The zero-order valence-corrected chi connectivity index (χ0v) is 10.5. The van der Waals surface area contributed by atoms with Gasteiger partial charge in [-0.25, -0.2) is 0 Å². The van der Waals surface area contributed by atoms with E-state index in [0.717, 1.165) is 11.1 Å². The quantitative estimate of drug-likeness (QED) is 0.735.